The van der Waals surface area contributed by atoms with Gasteiger partial charge in [-0.2, -0.15) is 5.10 Å². The molecule has 70 valence electrons. The highest BCUT2D eigenvalue weighted by Crippen LogP contribution is 2.21. The molecule has 1 aliphatic rings. The maximum atomic E-state index is 11.5. The van der Waals surface area contributed by atoms with E-state index in [-0.39, 0.29) is 11.8 Å². The third-order valence-corrected chi connectivity index (χ3v) is 2.20. The number of hydrogen-bond acceptors (Lipinski definition) is 3. The fraction of sp³-hybridized carbons (Fsp3) is 0.300. The number of rotatable bonds is 1. The van der Waals surface area contributed by atoms with Crippen LogP contribution in [0.15, 0.2) is 18.3 Å². The lowest BCUT2D eigenvalue weighted by atomic mass is 10.1. The average molecular weight is 187 g/mol. The summed E-state index contributed by atoms with van der Waals surface area (Å²) < 4.78 is 0. The quantitative estimate of drug-likeness (QED) is 0.600. The Hall–Kier alpha value is -1.89. The van der Waals surface area contributed by atoms with Crippen LogP contribution < -0.4 is 4.90 Å². The maximum absolute atomic E-state index is 11.5. The summed E-state index contributed by atoms with van der Waals surface area (Å²) in [7, 11) is 0. The van der Waals surface area contributed by atoms with Crippen molar-refractivity contribution in [1.82, 2.24) is 10.2 Å². The summed E-state index contributed by atoms with van der Waals surface area (Å²) in [6.07, 6.45) is 7.25. The molecular weight excluding hydrogens is 178 g/mol. The van der Waals surface area contributed by atoms with E-state index in [1.54, 1.807) is 23.2 Å². The van der Waals surface area contributed by atoms with E-state index in [0.29, 0.717) is 18.8 Å². The Labute approximate surface area is 81.9 Å². The third-order valence-electron chi connectivity index (χ3n) is 2.20. The van der Waals surface area contributed by atoms with Crippen LogP contribution in [-0.4, -0.2) is 22.6 Å². The minimum absolute atomic E-state index is 0.00417. The average Bonchev–Trinajstić information content (AvgIpc) is 2.61. The van der Waals surface area contributed by atoms with Crippen LogP contribution in [0.2, 0.25) is 0 Å². The van der Waals surface area contributed by atoms with Crippen molar-refractivity contribution in [3.05, 3.63) is 18.3 Å². The van der Waals surface area contributed by atoms with Crippen molar-refractivity contribution in [2.75, 3.05) is 11.4 Å². The zero-order valence-electron chi connectivity index (χ0n) is 7.55. The predicted octanol–water partition coefficient (Wildman–Crippen LogP) is 0.463. The monoisotopic (exact) mass is 187 g/mol. The largest absolute Gasteiger partial charge is 0.294 e. The highest BCUT2D eigenvalue weighted by atomic mass is 16.2. The van der Waals surface area contributed by atoms with Crippen molar-refractivity contribution >= 4 is 11.7 Å². The summed E-state index contributed by atoms with van der Waals surface area (Å²) in [6, 6.07) is 3.50. The Kier molecular flexibility index (Phi) is 2.15. The lowest BCUT2D eigenvalue weighted by molar-refractivity contribution is -0.117. The first-order valence-corrected chi connectivity index (χ1v) is 4.35. The molecule has 2 rings (SSSR count). The van der Waals surface area contributed by atoms with E-state index in [0.717, 1.165) is 0 Å². The lowest BCUT2D eigenvalue weighted by Crippen LogP contribution is -2.25. The summed E-state index contributed by atoms with van der Waals surface area (Å²) >= 11 is 0. The summed E-state index contributed by atoms with van der Waals surface area (Å²) in [5.41, 5.74) is 0. The van der Waals surface area contributed by atoms with E-state index < -0.39 is 0 Å². The van der Waals surface area contributed by atoms with Crippen molar-refractivity contribution < 1.29 is 4.79 Å². The second kappa shape index (κ2) is 3.46. The smallest absolute Gasteiger partial charge is 0.229 e. The van der Waals surface area contributed by atoms with Gasteiger partial charge in [-0.3, -0.25) is 9.69 Å². The molecule has 0 saturated carbocycles. The van der Waals surface area contributed by atoms with Crippen LogP contribution in [-0.2, 0) is 4.79 Å². The molecule has 0 bridgehead atoms. The van der Waals surface area contributed by atoms with E-state index >= 15 is 0 Å². The molecule has 0 radical (unpaired) electrons. The molecule has 1 aromatic heterocycles. The molecule has 4 nitrogen and oxygen atoms in total. The van der Waals surface area contributed by atoms with Gasteiger partial charge in [0.2, 0.25) is 5.91 Å². The molecule has 1 saturated heterocycles. The van der Waals surface area contributed by atoms with Gasteiger partial charge < -0.3 is 0 Å². The molecule has 1 unspecified atom stereocenters. The first-order chi connectivity index (χ1) is 6.81. The van der Waals surface area contributed by atoms with Crippen LogP contribution in [0.1, 0.15) is 6.42 Å². The van der Waals surface area contributed by atoms with Crippen molar-refractivity contribution in [1.29, 1.82) is 0 Å². The molecule has 4 heteroatoms. The first kappa shape index (κ1) is 8.70. The number of carbonyl (C=O) groups is 1. The molecule has 1 fully saturated rings. The van der Waals surface area contributed by atoms with E-state index in [2.05, 4.69) is 16.1 Å². The molecule has 1 aliphatic heterocycles. The molecular formula is C10H9N3O. The lowest BCUT2D eigenvalue weighted by Gasteiger charge is -2.12. The topological polar surface area (TPSA) is 46.1 Å². The number of nitrogens with zero attached hydrogens (tertiary/aromatic N) is 3. The van der Waals surface area contributed by atoms with E-state index in [4.69, 9.17) is 6.42 Å². The van der Waals surface area contributed by atoms with Crippen LogP contribution in [0.4, 0.5) is 5.82 Å². The third kappa shape index (κ3) is 1.44. The molecule has 2 heterocycles. The van der Waals surface area contributed by atoms with Crippen LogP contribution in [0.25, 0.3) is 0 Å². The number of aromatic nitrogens is 2. The molecule has 0 N–H and O–H groups in total. The van der Waals surface area contributed by atoms with Gasteiger partial charge in [-0.15, -0.1) is 17.4 Å². The first-order valence-electron chi connectivity index (χ1n) is 4.35. The van der Waals surface area contributed by atoms with Gasteiger partial charge in [0.25, 0.3) is 0 Å². The highest BCUT2D eigenvalue weighted by molar-refractivity contribution is 5.95. The van der Waals surface area contributed by atoms with E-state index in [9.17, 15) is 4.79 Å². The van der Waals surface area contributed by atoms with Crippen molar-refractivity contribution in [2.24, 2.45) is 5.92 Å². The zero-order chi connectivity index (χ0) is 9.97. The second-order valence-electron chi connectivity index (χ2n) is 3.15. The van der Waals surface area contributed by atoms with Gasteiger partial charge in [0.05, 0.1) is 0 Å². The van der Waals surface area contributed by atoms with Gasteiger partial charge in [0.1, 0.15) is 0 Å². The standard InChI is InChI=1S/C10H9N3O/c1-2-8-6-10(14)13(7-8)9-4-3-5-11-12-9/h1,3-5,8H,6-7H2. The molecule has 1 aromatic rings. The van der Waals surface area contributed by atoms with Crippen molar-refractivity contribution in [2.45, 2.75) is 6.42 Å². The Bertz CT molecular complexity index is 382. The minimum atomic E-state index is 0.00417. The Morgan fingerprint density at radius 2 is 2.50 bits per heavy atom. The molecule has 14 heavy (non-hydrogen) atoms. The summed E-state index contributed by atoms with van der Waals surface area (Å²) in [5, 5.41) is 7.59. The molecule has 0 spiro atoms. The molecule has 0 aliphatic carbocycles. The molecule has 0 aromatic carbocycles. The van der Waals surface area contributed by atoms with Gasteiger partial charge in [0, 0.05) is 25.1 Å². The van der Waals surface area contributed by atoms with Gasteiger partial charge >= 0.3 is 0 Å². The minimum Gasteiger partial charge on any atom is -0.294 e. The fourth-order valence-electron chi connectivity index (χ4n) is 1.48. The Balaban J connectivity index is 2.22. The van der Waals surface area contributed by atoms with Gasteiger partial charge in [-0.1, -0.05) is 0 Å². The van der Waals surface area contributed by atoms with E-state index in [1.165, 1.54) is 0 Å². The summed E-state index contributed by atoms with van der Waals surface area (Å²) in [5.74, 6) is 3.19. The second-order valence-corrected chi connectivity index (χ2v) is 3.15. The fourth-order valence-corrected chi connectivity index (χ4v) is 1.48. The Morgan fingerprint density at radius 3 is 3.07 bits per heavy atom. The van der Waals surface area contributed by atoms with Gasteiger partial charge in [-0.05, 0) is 12.1 Å². The number of terminal acetylenes is 1. The van der Waals surface area contributed by atoms with Crippen molar-refractivity contribution in [3.8, 4) is 12.3 Å². The van der Waals surface area contributed by atoms with Crippen LogP contribution in [0, 0.1) is 18.3 Å². The Morgan fingerprint density at radius 1 is 1.64 bits per heavy atom. The van der Waals surface area contributed by atoms with Crippen LogP contribution in [0.3, 0.4) is 0 Å². The van der Waals surface area contributed by atoms with Crippen molar-refractivity contribution in [3.63, 3.8) is 0 Å². The summed E-state index contributed by atoms with van der Waals surface area (Å²) in [4.78, 5) is 13.1. The molecule has 1 atom stereocenters. The van der Waals surface area contributed by atoms with Gasteiger partial charge in [0.15, 0.2) is 5.82 Å². The highest BCUT2D eigenvalue weighted by Gasteiger charge is 2.29. The maximum Gasteiger partial charge on any atom is 0.229 e. The number of anilines is 1. The van der Waals surface area contributed by atoms with Gasteiger partial charge in [-0.25, -0.2) is 0 Å². The normalized spacial score (nSPS) is 20.9. The molecule has 1 amide bonds. The number of carbonyl (C=O) groups excluding carboxylic acids is 1. The van der Waals surface area contributed by atoms with Crippen LogP contribution >= 0.6 is 0 Å². The SMILES string of the molecule is C#CC1CC(=O)N(c2cccnn2)C1. The van der Waals surface area contributed by atoms with E-state index in [1.807, 2.05) is 0 Å². The summed E-state index contributed by atoms with van der Waals surface area (Å²) in [6.45, 7) is 0.550. The predicted molar refractivity (Wildman–Crippen MR) is 51.3 cm³/mol. The number of amides is 1. The van der Waals surface area contributed by atoms with Crippen LogP contribution in [0.5, 0.6) is 0 Å². The number of hydrogen-bond donors (Lipinski definition) is 0. The zero-order valence-corrected chi connectivity index (χ0v) is 7.55.